The largest absolute Gasteiger partial charge is 0.482 e. The number of ether oxygens (including phenoxy) is 1. The molecule has 33 heavy (non-hydrogen) atoms. The van der Waals surface area contributed by atoms with Crippen LogP contribution in [-0.4, -0.2) is 28.1 Å². The van der Waals surface area contributed by atoms with Gasteiger partial charge in [-0.2, -0.15) is 5.10 Å². The maximum absolute atomic E-state index is 12.6. The van der Waals surface area contributed by atoms with E-state index in [2.05, 4.69) is 15.7 Å². The molecule has 0 aliphatic heterocycles. The predicted molar refractivity (Wildman–Crippen MR) is 128 cm³/mol. The second-order valence-electron chi connectivity index (χ2n) is 6.69. The first-order chi connectivity index (χ1) is 15.6. The van der Waals surface area contributed by atoms with Gasteiger partial charge >= 0.3 is 0 Å². The number of benzene rings is 1. The number of aromatic nitrogens is 2. The lowest BCUT2D eigenvalue weighted by Gasteiger charge is -2.12. The Morgan fingerprint density at radius 3 is 2.30 bits per heavy atom. The Bertz CT molecular complexity index is 1180. The van der Waals surface area contributed by atoms with E-state index in [1.165, 1.54) is 23.0 Å². The van der Waals surface area contributed by atoms with E-state index in [4.69, 9.17) is 67.2 Å². The minimum absolute atomic E-state index is 0.00232. The van der Waals surface area contributed by atoms with Crippen molar-refractivity contribution in [3.8, 4) is 5.75 Å². The number of hydrogen-bond donors (Lipinski definition) is 2. The van der Waals surface area contributed by atoms with Crippen LogP contribution in [0.5, 0.6) is 5.75 Å². The molecule has 2 aromatic heterocycles. The molecule has 1 aromatic carbocycles. The molecule has 0 atom stereocenters. The van der Waals surface area contributed by atoms with Crippen molar-refractivity contribution in [1.29, 1.82) is 0 Å². The lowest BCUT2D eigenvalue weighted by atomic mass is 10.3. The summed E-state index contributed by atoms with van der Waals surface area (Å²) in [5, 5.41) is 9.39. The second-order valence-corrected chi connectivity index (χ2v) is 8.58. The maximum Gasteiger partial charge on any atom is 0.291 e. The molecule has 0 unspecified atom stereocenters. The van der Waals surface area contributed by atoms with Crippen LogP contribution in [0.15, 0.2) is 22.7 Å². The lowest BCUT2D eigenvalue weighted by molar-refractivity contribution is 0.0945. The van der Waals surface area contributed by atoms with Gasteiger partial charge in [0.2, 0.25) is 0 Å². The number of anilines is 1. The summed E-state index contributed by atoms with van der Waals surface area (Å²) in [5.41, 5.74) is 0.460. The molecule has 0 bridgehead atoms. The van der Waals surface area contributed by atoms with Gasteiger partial charge in [0.15, 0.2) is 11.5 Å². The molecule has 0 radical (unpaired) electrons. The van der Waals surface area contributed by atoms with Crippen LogP contribution >= 0.6 is 58.0 Å². The van der Waals surface area contributed by atoms with Crippen LogP contribution in [0.1, 0.15) is 40.1 Å². The highest BCUT2D eigenvalue weighted by molar-refractivity contribution is 6.55. The van der Waals surface area contributed by atoms with Crippen molar-refractivity contribution in [3.63, 3.8) is 0 Å². The summed E-state index contributed by atoms with van der Waals surface area (Å²) in [5.74, 6) is -0.622. The Morgan fingerprint density at radius 1 is 1.03 bits per heavy atom. The molecular weight excluding hydrogens is 538 g/mol. The Balaban J connectivity index is 1.71. The van der Waals surface area contributed by atoms with E-state index in [9.17, 15) is 9.59 Å². The van der Waals surface area contributed by atoms with Gasteiger partial charge in [-0.05, 0) is 18.6 Å². The molecule has 176 valence electrons. The SMILES string of the molecule is CCCNC(=O)c1c(NC(=O)c2ccc(COc3c(Cl)c(Cl)c(Cl)c(Cl)c3Cl)o2)cnn1C. The average Bonchev–Trinajstić information content (AvgIpc) is 3.41. The van der Waals surface area contributed by atoms with Crippen molar-refractivity contribution in [1.82, 2.24) is 15.1 Å². The zero-order valence-corrected chi connectivity index (χ0v) is 21.1. The number of nitrogens with one attached hydrogen (secondary N) is 2. The van der Waals surface area contributed by atoms with E-state index in [0.717, 1.165) is 6.42 Å². The van der Waals surface area contributed by atoms with Crippen LogP contribution in [0.25, 0.3) is 0 Å². The summed E-state index contributed by atoms with van der Waals surface area (Å²) in [4.78, 5) is 25.0. The molecule has 2 heterocycles. The molecule has 0 saturated heterocycles. The number of amides is 2. The molecular formula is C20H17Cl5N4O4. The van der Waals surface area contributed by atoms with Gasteiger partial charge in [-0.25, -0.2) is 0 Å². The Morgan fingerprint density at radius 2 is 1.67 bits per heavy atom. The fourth-order valence-corrected chi connectivity index (χ4v) is 3.97. The molecule has 3 rings (SSSR count). The molecule has 2 N–H and O–H groups in total. The monoisotopic (exact) mass is 552 g/mol. The van der Waals surface area contributed by atoms with Crippen LogP contribution in [-0.2, 0) is 13.7 Å². The van der Waals surface area contributed by atoms with Crippen LogP contribution in [0.4, 0.5) is 5.69 Å². The van der Waals surface area contributed by atoms with Crippen LogP contribution in [0.2, 0.25) is 25.1 Å². The van der Waals surface area contributed by atoms with E-state index < -0.39 is 5.91 Å². The number of aryl methyl sites for hydroxylation is 1. The number of hydrogen-bond acceptors (Lipinski definition) is 5. The fraction of sp³-hybridized carbons (Fsp3) is 0.250. The van der Waals surface area contributed by atoms with Crippen molar-refractivity contribution >= 4 is 75.5 Å². The predicted octanol–water partition coefficient (Wildman–Crippen LogP) is 6.25. The molecule has 8 nitrogen and oxygen atoms in total. The minimum Gasteiger partial charge on any atom is -0.482 e. The van der Waals surface area contributed by atoms with Crippen LogP contribution in [0.3, 0.4) is 0 Å². The smallest absolute Gasteiger partial charge is 0.291 e. The summed E-state index contributed by atoms with van der Waals surface area (Å²) < 4.78 is 12.5. The third kappa shape index (κ3) is 5.53. The molecule has 0 spiro atoms. The third-order valence-corrected chi connectivity index (χ3v) is 6.59. The summed E-state index contributed by atoms with van der Waals surface area (Å²) in [6, 6.07) is 2.99. The summed E-state index contributed by atoms with van der Waals surface area (Å²) in [6.07, 6.45) is 2.15. The molecule has 2 amide bonds. The van der Waals surface area contributed by atoms with Gasteiger partial charge in [0.1, 0.15) is 28.1 Å². The number of furan rings is 1. The van der Waals surface area contributed by atoms with Crippen LogP contribution in [0, 0.1) is 0 Å². The van der Waals surface area contributed by atoms with Crippen molar-refractivity contribution in [2.24, 2.45) is 7.05 Å². The first-order valence-electron chi connectivity index (χ1n) is 9.50. The van der Waals surface area contributed by atoms with Gasteiger partial charge in [0.25, 0.3) is 11.8 Å². The van der Waals surface area contributed by atoms with Crippen LogP contribution < -0.4 is 15.4 Å². The second kappa shape index (κ2) is 10.9. The number of rotatable bonds is 8. The van der Waals surface area contributed by atoms with Gasteiger partial charge in [0.05, 0.1) is 27.0 Å². The zero-order valence-electron chi connectivity index (χ0n) is 17.3. The van der Waals surface area contributed by atoms with Gasteiger partial charge in [0, 0.05) is 13.6 Å². The van der Waals surface area contributed by atoms with Gasteiger partial charge in [-0.3, -0.25) is 14.3 Å². The normalized spacial score (nSPS) is 10.9. The topological polar surface area (TPSA) is 98.4 Å². The molecule has 13 heteroatoms. The first-order valence-corrected chi connectivity index (χ1v) is 11.4. The number of nitrogens with zero attached hydrogens (tertiary/aromatic N) is 2. The van der Waals surface area contributed by atoms with Gasteiger partial charge in [-0.15, -0.1) is 0 Å². The van der Waals surface area contributed by atoms with Crippen molar-refractivity contribution in [3.05, 3.63) is 60.7 Å². The average molecular weight is 555 g/mol. The highest BCUT2D eigenvalue weighted by Gasteiger charge is 2.22. The molecule has 0 fully saturated rings. The first kappa shape index (κ1) is 25.5. The molecule has 3 aromatic rings. The van der Waals surface area contributed by atoms with Gasteiger partial charge < -0.3 is 19.8 Å². The van der Waals surface area contributed by atoms with E-state index in [1.807, 2.05) is 6.92 Å². The van der Waals surface area contributed by atoms with E-state index in [1.54, 1.807) is 7.05 Å². The number of halogens is 5. The summed E-state index contributed by atoms with van der Waals surface area (Å²) >= 11 is 30.3. The zero-order chi connectivity index (χ0) is 24.3. The Hall–Kier alpha value is -2.10. The van der Waals surface area contributed by atoms with Crippen molar-refractivity contribution in [2.75, 3.05) is 11.9 Å². The third-order valence-electron chi connectivity index (χ3n) is 4.35. The maximum atomic E-state index is 12.6. The van der Waals surface area contributed by atoms with Gasteiger partial charge in [-0.1, -0.05) is 64.9 Å². The number of carbonyl (C=O) groups excluding carboxylic acids is 2. The standard InChI is InChI=1S/C20H17Cl5N4O4/c1-3-6-26-20(31)17-10(7-27-29(17)2)28-19(30)11-5-4-9(33-11)8-32-18-15(24)13(22)12(21)14(23)16(18)25/h4-5,7H,3,6,8H2,1-2H3,(H,26,31)(H,28,30). The number of carbonyl (C=O) groups is 2. The molecule has 0 saturated carbocycles. The minimum atomic E-state index is -0.576. The van der Waals surface area contributed by atoms with Crippen molar-refractivity contribution < 1.29 is 18.7 Å². The molecule has 0 aliphatic carbocycles. The lowest BCUT2D eigenvalue weighted by Crippen LogP contribution is -2.27. The van der Waals surface area contributed by atoms with E-state index in [0.29, 0.717) is 12.3 Å². The van der Waals surface area contributed by atoms with E-state index >= 15 is 0 Å². The Labute approximate surface area is 214 Å². The summed E-state index contributed by atoms with van der Waals surface area (Å²) in [7, 11) is 1.60. The quantitative estimate of drug-likeness (QED) is 0.253. The highest BCUT2D eigenvalue weighted by Crippen LogP contribution is 2.48. The van der Waals surface area contributed by atoms with E-state index in [-0.39, 0.29) is 60.5 Å². The van der Waals surface area contributed by atoms with Crippen molar-refractivity contribution in [2.45, 2.75) is 20.0 Å². The Kier molecular flexibility index (Phi) is 8.42. The highest BCUT2D eigenvalue weighted by atomic mass is 35.5. The molecule has 0 aliphatic rings. The summed E-state index contributed by atoms with van der Waals surface area (Å²) in [6.45, 7) is 2.30. The fourth-order valence-electron chi connectivity index (χ4n) is 2.74.